The Balaban J connectivity index is 0.963. The van der Waals surface area contributed by atoms with Crippen molar-refractivity contribution in [3.05, 3.63) is 329 Å². The minimum absolute atomic E-state index is 0.153. The number of nitrogens with zero attached hydrogens (tertiary/aromatic N) is 4. The van der Waals surface area contributed by atoms with Crippen molar-refractivity contribution in [1.82, 2.24) is 19.9 Å². The lowest BCUT2D eigenvalue weighted by Crippen LogP contribution is -2.46. The molecule has 18 rings (SSSR count). The van der Waals surface area contributed by atoms with E-state index in [0.717, 1.165) is 101 Å². The van der Waals surface area contributed by atoms with Gasteiger partial charge in [-0.05, 0) is 149 Å². The van der Waals surface area contributed by atoms with E-state index in [2.05, 4.69) is 249 Å². The second kappa shape index (κ2) is 20.2. The van der Waals surface area contributed by atoms with Crippen LogP contribution < -0.4 is 4.74 Å². The van der Waals surface area contributed by atoms with Gasteiger partial charge < -0.3 is 4.74 Å². The minimum Gasteiger partial charge on any atom is -0.427 e. The van der Waals surface area contributed by atoms with Crippen molar-refractivity contribution in [3.8, 4) is 50.8 Å². The molecule has 428 valence electrons. The lowest BCUT2D eigenvalue weighted by Gasteiger charge is -2.50. The Bertz CT molecular complexity index is 5280. The van der Waals surface area contributed by atoms with E-state index in [-0.39, 0.29) is 12.4 Å². The van der Waals surface area contributed by atoms with E-state index in [1.54, 1.807) is 0 Å². The van der Waals surface area contributed by atoms with Gasteiger partial charge in [0.2, 0.25) is 0 Å². The summed E-state index contributed by atoms with van der Waals surface area (Å²) in [5.74, 6) is 0.257. The first kappa shape index (κ1) is 52.4. The Morgan fingerprint density at radius 3 is 1.00 bits per heavy atom. The van der Waals surface area contributed by atoms with Crippen LogP contribution in [0.15, 0.2) is 279 Å². The zero-order chi connectivity index (χ0) is 59.6. The molecule has 4 aliphatic carbocycles. The van der Waals surface area contributed by atoms with Gasteiger partial charge in [0, 0.05) is 71.9 Å². The molecule has 0 spiro atoms. The van der Waals surface area contributed by atoms with Gasteiger partial charge in [-0.25, -0.2) is 19.9 Å². The molecule has 0 saturated carbocycles. The highest BCUT2D eigenvalue weighted by Gasteiger charge is 2.61. The number of pyridine rings is 4. The summed E-state index contributed by atoms with van der Waals surface area (Å²) in [5.41, 5.74) is 20.5. The molecule has 14 aromatic rings. The third kappa shape index (κ3) is 7.86. The first-order valence-electron chi connectivity index (χ1n) is 31.7. The molecule has 0 fully saturated rings. The number of aryl methyl sites for hydroxylation is 1. The second-order valence-electron chi connectivity index (χ2n) is 25.6. The molecular weight excluding hydrogens is 1100 g/mol. The van der Waals surface area contributed by atoms with Crippen LogP contribution >= 0.6 is 0 Å². The third-order valence-corrected chi connectivity index (χ3v) is 21.0. The molecule has 4 unspecified atom stereocenters. The van der Waals surface area contributed by atoms with Crippen LogP contribution in [0.5, 0.6) is 5.75 Å². The average Bonchev–Trinajstić information content (AvgIpc) is 1.51. The fraction of sp³-hybridized carbons (Fsp3) is 0.131. The van der Waals surface area contributed by atoms with Crippen LogP contribution in [0.1, 0.15) is 88.6 Å². The van der Waals surface area contributed by atoms with E-state index >= 15 is 0 Å². The number of rotatable bonds is 13. The maximum Gasteiger partial charge on any atom is 0.311 e. The predicted octanol–water partition coefficient (Wildman–Crippen LogP) is 19.2. The molecular formula is C84H60N4O2. The van der Waals surface area contributed by atoms with Crippen LogP contribution in [-0.4, -0.2) is 25.9 Å². The number of esters is 1. The summed E-state index contributed by atoms with van der Waals surface area (Å²) < 4.78 is 6.31. The number of benzene rings is 10. The summed E-state index contributed by atoms with van der Waals surface area (Å²) in [5, 5.41) is 4.37. The van der Waals surface area contributed by atoms with Crippen molar-refractivity contribution in [2.75, 3.05) is 0 Å². The van der Waals surface area contributed by atoms with E-state index in [4.69, 9.17) is 24.7 Å². The first-order valence-corrected chi connectivity index (χ1v) is 31.7. The minimum atomic E-state index is -0.837. The van der Waals surface area contributed by atoms with Crippen molar-refractivity contribution in [2.24, 2.45) is 0 Å². The Hall–Kier alpha value is -10.7. The maximum atomic E-state index is 14.9. The van der Waals surface area contributed by atoms with Crippen molar-refractivity contribution >= 4 is 49.6 Å². The molecule has 90 heavy (non-hydrogen) atoms. The largest absolute Gasteiger partial charge is 0.427 e. The van der Waals surface area contributed by atoms with Crippen molar-refractivity contribution in [2.45, 2.75) is 66.6 Å². The molecule has 0 aliphatic heterocycles. The van der Waals surface area contributed by atoms with Crippen LogP contribution in [-0.2, 0) is 32.9 Å². The average molecular weight is 1160 g/mol. The Kier molecular flexibility index (Phi) is 11.8. The summed E-state index contributed by atoms with van der Waals surface area (Å²) >= 11 is 0. The lowest BCUT2D eigenvalue weighted by molar-refractivity contribution is -0.134. The first-order chi connectivity index (χ1) is 44.4. The number of hydrogen-bond acceptors (Lipinski definition) is 6. The third-order valence-electron chi connectivity index (χ3n) is 21.0. The smallest absolute Gasteiger partial charge is 0.311 e. The highest BCUT2D eigenvalue weighted by molar-refractivity contribution is 5.95. The SMILES string of the molecule is O=C(CCC1(CC2(CC3(CC4(CCc5ccccc5)c5ccccc5-c5nc6ccccc6cc54)c4ccccc4-c4nc5ccccc5cc43)c3ccccc3-c3nc4ccccc4cc32)c2ccccc2-c2nc3ccccc3cc21)Oc1ccccc1. The monoisotopic (exact) mass is 1160 g/mol. The molecule has 0 N–H and O–H groups in total. The van der Waals surface area contributed by atoms with Crippen LogP contribution in [0.2, 0.25) is 0 Å². The molecule has 4 aromatic heterocycles. The van der Waals surface area contributed by atoms with Crippen LogP contribution in [0.3, 0.4) is 0 Å². The molecule has 0 amide bonds. The van der Waals surface area contributed by atoms with E-state index < -0.39 is 21.7 Å². The van der Waals surface area contributed by atoms with Gasteiger partial charge in [0.15, 0.2) is 0 Å². The van der Waals surface area contributed by atoms with Gasteiger partial charge in [0.05, 0.1) is 44.8 Å². The normalized spacial score (nSPS) is 19.4. The van der Waals surface area contributed by atoms with Crippen molar-refractivity contribution < 1.29 is 9.53 Å². The highest BCUT2D eigenvalue weighted by Crippen LogP contribution is 2.69. The highest BCUT2D eigenvalue weighted by atomic mass is 16.5. The lowest BCUT2D eigenvalue weighted by atomic mass is 9.52. The van der Waals surface area contributed by atoms with Gasteiger partial charge in [-0.2, -0.15) is 0 Å². The van der Waals surface area contributed by atoms with Gasteiger partial charge in [0.25, 0.3) is 0 Å². The summed E-state index contributed by atoms with van der Waals surface area (Å²) in [7, 11) is 0. The number of para-hydroxylation sites is 5. The molecule has 4 atom stereocenters. The zero-order valence-corrected chi connectivity index (χ0v) is 49.6. The van der Waals surface area contributed by atoms with Gasteiger partial charge in [-0.1, -0.05) is 218 Å². The van der Waals surface area contributed by atoms with E-state index in [1.807, 2.05) is 30.3 Å². The zero-order valence-electron chi connectivity index (χ0n) is 49.6. The molecule has 10 aromatic carbocycles. The molecule has 0 bridgehead atoms. The molecule has 6 heteroatoms. The fourth-order valence-electron chi connectivity index (χ4n) is 17.3. The quantitative estimate of drug-likeness (QED) is 0.0846. The van der Waals surface area contributed by atoms with Gasteiger partial charge in [-0.15, -0.1) is 0 Å². The maximum absolute atomic E-state index is 14.9. The predicted molar refractivity (Wildman–Crippen MR) is 362 cm³/mol. The number of ether oxygens (including phenoxy) is 1. The topological polar surface area (TPSA) is 77.9 Å². The van der Waals surface area contributed by atoms with Crippen LogP contribution in [0.4, 0.5) is 0 Å². The van der Waals surface area contributed by atoms with E-state index in [0.29, 0.717) is 31.4 Å². The fourth-order valence-corrected chi connectivity index (χ4v) is 17.3. The van der Waals surface area contributed by atoms with E-state index in [1.165, 1.54) is 50.1 Å². The van der Waals surface area contributed by atoms with Crippen molar-refractivity contribution in [1.29, 1.82) is 0 Å². The van der Waals surface area contributed by atoms with Gasteiger partial charge in [0.1, 0.15) is 5.75 Å². The number of carbonyl (C=O) groups excluding carboxylic acids is 1. The van der Waals surface area contributed by atoms with Gasteiger partial charge in [-0.3, -0.25) is 4.79 Å². The summed E-state index contributed by atoms with van der Waals surface area (Å²) in [6.45, 7) is 0. The van der Waals surface area contributed by atoms with Crippen LogP contribution in [0, 0.1) is 0 Å². The molecule has 4 aliphatic rings. The molecule has 4 heterocycles. The standard InChI is InChI=1S/C84H60N4O2/c89-76(90-59-29-5-2-6-30-59)44-46-82(65-36-16-12-32-61(65)78-69(82)48-56-26-8-20-40-73(56)86-78)52-84(67-38-18-14-34-63(67)80-71(84)50-58-28-10-22-42-75(58)88-80)53-83(66-37-17-13-33-62(66)79-70(83)49-57-27-9-21-41-74(57)87-79)51-81(45-43-54-23-3-1-4-24-54)64-35-15-11-31-60(64)77-68(81)47-55-25-7-19-39-72(55)85-77/h1-42,47-50H,43-46,51-53H2. The summed E-state index contributed by atoms with van der Waals surface area (Å²) in [4.78, 5) is 38.0. The van der Waals surface area contributed by atoms with Crippen LogP contribution in [0.25, 0.3) is 88.6 Å². The Morgan fingerprint density at radius 2 is 0.600 bits per heavy atom. The molecule has 0 radical (unpaired) electrons. The molecule has 0 saturated heterocycles. The Labute approximate surface area is 522 Å². The number of aromatic nitrogens is 4. The van der Waals surface area contributed by atoms with Crippen molar-refractivity contribution in [3.63, 3.8) is 0 Å². The number of carbonyl (C=O) groups is 1. The number of hydrogen-bond donors (Lipinski definition) is 0. The number of fused-ring (bicyclic) bond motifs is 16. The summed E-state index contributed by atoms with van der Waals surface area (Å²) in [6, 6.07) is 101. The summed E-state index contributed by atoms with van der Waals surface area (Å²) in [6.07, 6.45) is 4.15. The molecule has 6 nitrogen and oxygen atoms in total. The second-order valence-corrected chi connectivity index (χ2v) is 25.6. The van der Waals surface area contributed by atoms with Gasteiger partial charge >= 0.3 is 5.97 Å². The Morgan fingerprint density at radius 1 is 0.300 bits per heavy atom. The van der Waals surface area contributed by atoms with E-state index in [9.17, 15) is 4.79 Å².